The molecule has 6 heteroatoms. The van der Waals surface area contributed by atoms with E-state index in [1.54, 1.807) is 6.07 Å². The predicted molar refractivity (Wildman–Crippen MR) is 70.2 cm³/mol. The van der Waals surface area contributed by atoms with Crippen LogP contribution in [0.5, 0.6) is 0 Å². The third kappa shape index (κ3) is 3.10. The number of anilines is 2. The number of likely N-dealkylation sites (N-methyl/N-ethyl adjacent to an activating group) is 1. The Morgan fingerprint density at radius 3 is 2.72 bits per heavy atom. The lowest BCUT2D eigenvalue weighted by molar-refractivity contribution is 0.209. The number of hydrogen-bond acceptors (Lipinski definition) is 4. The molecule has 1 saturated heterocycles. The highest BCUT2D eigenvalue weighted by Gasteiger charge is 2.16. The van der Waals surface area contributed by atoms with Gasteiger partial charge in [0.05, 0.1) is 0 Å². The molecule has 1 aromatic rings. The summed E-state index contributed by atoms with van der Waals surface area (Å²) in [4.78, 5) is 19.4. The summed E-state index contributed by atoms with van der Waals surface area (Å²) in [6.45, 7) is 7.13. The number of pyridine rings is 1. The van der Waals surface area contributed by atoms with Crippen LogP contribution in [0.15, 0.2) is 18.2 Å². The second-order valence-electron chi connectivity index (χ2n) is 4.23. The van der Waals surface area contributed by atoms with Crippen molar-refractivity contribution in [3.63, 3.8) is 0 Å². The van der Waals surface area contributed by atoms with Crippen LogP contribution < -0.4 is 10.2 Å². The fraction of sp³-hybridized carbons (Fsp3) is 0.500. The van der Waals surface area contributed by atoms with Gasteiger partial charge in [0.1, 0.15) is 11.6 Å². The number of carboxylic acid groups (broad SMARTS) is 1. The van der Waals surface area contributed by atoms with Gasteiger partial charge in [0.15, 0.2) is 0 Å². The van der Waals surface area contributed by atoms with Gasteiger partial charge in [-0.2, -0.15) is 0 Å². The minimum atomic E-state index is -1.09. The van der Waals surface area contributed by atoms with Crippen LogP contribution in [0.3, 0.4) is 0 Å². The average molecular weight is 250 g/mol. The van der Waals surface area contributed by atoms with Crippen LogP contribution in [0, 0.1) is 0 Å². The molecule has 0 aliphatic carbocycles. The van der Waals surface area contributed by atoms with Crippen LogP contribution in [0.2, 0.25) is 0 Å². The first kappa shape index (κ1) is 12.6. The van der Waals surface area contributed by atoms with Crippen LogP contribution in [-0.4, -0.2) is 53.8 Å². The zero-order valence-electron chi connectivity index (χ0n) is 10.5. The maximum atomic E-state index is 10.6. The SMILES string of the molecule is CCN1CCN(c2cccc(NC(=O)O)n2)CC1. The van der Waals surface area contributed by atoms with Crippen molar-refractivity contribution in [3.8, 4) is 0 Å². The Kier molecular flexibility index (Phi) is 3.99. The molecule has 1 fully saturated rings. The molecule has 1 aliphatic rings. The second kappa shape index (κ2) is 5.68. The number of nitrogens with zero attached hydrogens (tertiary/aromatic N) is 3. The molecule has 6 nitrogen and oxygen atoms in total. The zero-order chi connectivity index (χ0) is 13.0. The van der Waals surface area contributed by atoms with Crippen molar-refractivity contribution >= 4 is 17.7 Å². The van der Waals surface area contributed by atoms with E-state index < -0.39 is 6.09 Å². The molecule has 0 radical (unpaired) electrons. The van der Waals surface area contributed by atoms with Crippen LogP contribution >= 0.6 is 0 Å². The summed E-state index contributed by atoms with van der Waals surface area (Å²) in [6, 6.07) is 5.38. The van der Waals surface area contributed by atoms with Gasteiger partial charge in [-0.15, -0.1) is 0 Å². The molecule has 0 unspecified atom stereocenters. The monoisotopic (exact) mass is 250 g/mol. The summed E-state index contributed by atoms with van der Waals surface area (Å²) in [6.07, 6.45) is -1.09. The minimum absolute atomic E-state index is 0.373. The lowest BCUT2D eigenvalue weighted by Gasteiger charge is -2.34. The number of hydrogen-bond donors (Lipinski definition) is 2. The van der Waals surface area contributed by atoms with Gasteiger partial charge in [-0.3, -0.25) is 5.32 Å². The molecule has 0 spiro atoms. The van der Waals surface area contributed by atoms with Gasteiger partial charge in [-0.25, -0.2) is 9.78 Å². The Bertz CT molecular complexity index is 416. The molecule has 0 aromatic carbocycles. The summed E-state index contributed by atoms with van der Waals surface area (Å²) in [5, 5.41) is 10.9. The van der Waals surface area contributed by atoms with E-state index in [9.17, 15) is 4.79 Å². The number of nitrogens with one attached hydrogen (secondary N) is 1. The maximum absolute atomic E-state index is 10.6. The largest absolute Gasteiger partial charge is 0.465 e. The summed E-state index contributed by atoms with van der Waals surface area (Å²) in [5.41, 5.74) is 0. The van der Waals surface area contributed by atoms with E-state index in [0.717, 1.165) is 38.5 Å². The molecule has 1 aliphatic heterocycles. The van der Waals surface area contributed by atoms with Crippen molar-refractivity contribution in [1.82, 2.24) is 9.88 Å². The van der Waals surface area contributed by atoms with E-state index in [-0.39, 0.29) is 0 Å². The Balaban J connectivity index is 2.02. The molecule has 2 rings (SSSR count). The topological polar surface area (TPSA) is 68.7 Å². The predicted octanol–water partition coefficient (Wildman–Crippen LogP) is 1.31. The molecule has 1 aromatic heterocycles. The van der Waals surface area contributed by atoms with Gasteiger partial charge in [0, 0.05) is 26.2 Å². The molecule has 0 bridgehead atoms. The van der Waals surface area contributed by atoms with Crippen molar-refractivity contribution in [2.75, 3.05) is 42.9 Å². The summed E-state index contributed by atoms with van der Waals surface area (Å²) in [7, 11) is 0. The molecular weight excluding hydrogens is 232 g/mol. The van der Waals surface area contributed by atoms with E-state index in [0.29, 0.717) is 5.82 Å². The molecule has 18 heavy (non-hydrogen) atoms. The second-order valence-corrected chi connectivity index (χ2v) is 4.23. The van der Waals surface area contributed by atoms with Crippen molar-refractivity contribution in [3.05, 3.63) is 18.2 Å². The van der Waals surface area contributed by atoms with Gasteiger partial charge in [0.25, 0.3) is 0 Å². The van der Waals surface area contributed by atoms with Gasteiger partial charge < -0.3 is 14.9 Å². The summed E-state index contributed by atoms with van der Waals surface area (Å²) < 4.78 is 0. The normalized spacial score (nSPS) is 16.6. The van der Waals surface area contributed by atoms with E-state index in [4.69, 9.17) is 5.11 Å². The van der Waals surface area contributed by atoms with Crippen molar-refractivity contribution < 1.29 is 9.90 Å². The fourth-order valence-electron chi connectivity index (χ4n) is 2.07. The van der Waals surface area contributed by atoms with Crippen LogP contribution in [0.25, 0.3) is 0 Å². The van der Waals surface area contributed by atoms with Gasteiger partial charge in [0.2, 0.25) is 0 Å². The number of carbonyl (C=O) groups is 1. The Labute approximate surface area is 106 Å². The highest BCUT2D eigenvalue weighted by molar-refractivity contribution is 5.81. The van der Waals surface area contributed by atoms with Gasteiger partial charge >= 0.3 is 6.09 Å². The fourth-order valence-corrected chi connectivity index (χ4v) is 2.07. The first-order valence-electron chi connectivity index (χ1n) is 6.13. The lowest BCUT2D eigenvalue weighted by Crippen LogP contribution is -2.46. The molecule has 2 heterocycles. The quantitative estimate of drug-likeness (QED) is 0.846. The molecular formula is C12H18N4O2. The minimum Gasteiger partial charge on any atom is -0.465 e. The van der Waals surface area contributed by atoms with Crippen molar-refractivity contribution in [2.45, 2.75) is 6.92 Å². The Morgan fingerprint density at radius 1 is 1.39 bits per heavy atom. The van der Waals surface area contributed by atoms with Crippen LogP contribution in [0.4, 0.5) is 16.4 Å². The summed E-state index contributed by atoms with van der Waals surface area (Å²) in [5.74, 6) is 1.20. The average Bonchev–Trinajstić information content (AvgIpc) is 2.38. The standard InChI is InChI=1S/C12H18N4O2/c1-2-15-6-8-16(9-7-15)11-5-3-4-10(13-11)14-12(17)18/h3-5H,2,6-9H2,1H3,(H,13,14)(H,17,18). The molecule has 0 saturated carbocycles. The van der Waals surface area contributed by atoms with E-state index in [1.165, 1.54) is 0 Å². The first-order chi connectivity index (χ1) is 8.69. The van der Waals surface area contributed by atoms with Crippen LogP contribution in [-0.2, 0) is 0 Å². The highest BCUT2D eigenvalue weighted by Crippen LogP contribution is 2.16. The van der Waals surface area contributed by atoms with E-state index >= 15 is 0 Å². The Morgan fingerprint density at radius 2 is 2.11 bits per heavy atom. The maximum Gasteiger partial charge on any atom is 0.410 e. The molecule has 0 atom stereocenters. The number of amides is 1. The van der Waals surface area contributed by atoms with Crippen molar-refractivity contribution in [2.24, 2.45) is 0 Å². The Hall–Kier alpha value is -1.82. The van der Waals surface area contributed by atoms with E-state index in [1.807, 2.05) is 12.1 Å². The van der Waals surface area contributed by atoms with E-state index in [2.05, 4.69) is 27.0 Å². The van der Waals surface area contributed by atoms with Gasteiger partial charge in [-0.1, -0.05) is 13.0 Å². The highest BCUT2D eigenvalue weighted by atomic mass is 16.4. The first-order valence-corrected chi connectivity index (χ1v) is 6.13. The van der Waals surface area contributed by atoms with Crippen molar-refractivity contribution in [1.29, 1.82) is 0 Å². The number of piperazine rings is 1. The number of rotatable bonds is 3. The van der Waals surface area contributed by atoms with Crippen LogP contribution in [0.1, 0.15) is 6.92 Å². The molecule has 2 N–H and O–H groups in total. The lowest BCUT2D eigenvalue weighted by atomic mass is 10.3. The number of aromatic nitrogens is 1. The third-order valence-electron chi connectivity index (χ3n) is 3.11. The molecule has 1 amide bonds. The van der Waals surface area contributed by atoms with Gasteiger partial charge in [-0.05, 0) is 18.7 Å². The zero-order valence-corrected chi connectivity index (χ0v) is 10.5. The summed E-state index contributed by atoms with van der Waals surface area (Å²) >= 11 is 0. The third-order valence-corrected chi connectivity index (χ3v) is 3.11. The molecule has 98 valence electrons. The smallest absolute Gasteiger partial charge is 0.410 e.